The topological polar surface area (TPSA) is 57.6 Å². The largest absolute Gasteiger partial charge is 0.480 e. The summed E-state index contributed by atoms with van der Waals surface area (Å²) in [6, 6.07) is -0.579. The van der Waals surface area contributed by atoms with E-state index in [0.717, 1.165) is 31.6 Å². The van der Waals surface area contributed by atoms with Crippen molar-refractivity contribution < 1.29 is 14.7 Å². The van der Waals surface area contributed by atoms with Crippen molar-refractivity contribution in [2.75, 3.05) is 6.54 Å². The zero-order chi connectivity index (χ0) is 13.1. The molecule has 1 saturated carbocycles. The van der Waals surface area contributed by atoms with Crippen LogP contribution in [-0.4, -0.2) is 34.5 Å². The summed E-state index contributed by atoms with van der Waals surface area (Å²) in [6.07, 6.45) is 6.48. The summed E-state index contributed by atoms with van der Waals surface area (Å²) < 4.78 is 0. The molecule has 1 N–H and O–H groups in total. The van der Waals surface area contributed by atoms with Crippen LogP contribution in [-0.2, 0) is 9.59 Å². The van der Waals surface area contributed by atoms with Gasteiger partial charge in [-0.1, -0.05) is 13.3 Å². The number of aliphatic carboxylic acids is 1. The zero-order valence-electron chi connectivity index (χ0n) is 11.1. The lowest BCUT2D eigenvalue weighted by atomic mass is 9.98. The van der Waals surface area contributed by atoms with E-state index in [2.05, 4.69) is 6.92 Å². The molecule has 1 aliphatic carbocycles. The van der Waals surface area contributed by atoms with Gasteiger partial charge >= 0.3 is 5.97 Å². The first-order chi connectivity index (χ1) is 8.58. The fraction of sp³-hybridized carbons (Fsp3) is 0.857. The van der Waals surface area contributed by atoms with E-state index in [4.69, 9.17) is 5.11 Å². The maximum atomic E-state index is 12.2. The lowest BCUT2D eigenvalue weighted by molar-refractivity contribution is -0.152. The molecule has 4 nitrogen and oxygen atoms in total. The quantitative estimate of drug-likeness (QED) is 0.839. The first-order valence-corrected chi connectivity index (χ1v) is 7.10. The van der Waals surface area contributed by atoms with Crippen molar-refractivity contribution in [3.8, 4) is 0 Å². The normalized spacial score (nSPS) is 32.5. The highest BCUT2D eigenvalue weighted by Crippen LogP contribution is 2.33. The molecule has 3 unspecified atom stereocenters. The SMILES string of the molecule is CC1CCC(CC(=O)N2CCCCC2C(=O)O)C1. The van der Waals surface area contributed by atoms with Gasteiger partial charge in [-0.3, -0.25) is 4.79 Å². The fourth-order valence-electron chi connectivity index (χ4n) is 3.36. The zero-order valence-corrected chi connectivity index (χ0v) is 11.1. The van der Waals surface area contributed by atoms with Gasteiger partial charge in [0.25, 0.3) is 0 Å². The van der Waals surface area contributed by atoms with Gasteiger partial charge in [-0.05, 0) is 43.9 Å². The molecule has 1 amide bonds. The average Bonchev–Trinajstić information content (AvgIpc) is 2.74. The van der Waals surface area contributed by atoms with E-state index in [1.54, 1.807) is 4.90 Å². The summed E-state index contributed by atoms with van der Waals surface area (Å²) in [5.41, 5.74) is 0. The number of amides is 1. The van der Waals surface area contributed by atoms with Crippen LogP contribution in [0.1, 0.15) is 51.9 Å². The van der Waals surface area contributed by atoms with Crippen LogP contribution < -0.4 is 0 Å². The Hall–Kier alpha value is -1.06. The minimum Gasteiger partial charge on any atom is -0.480 e. The van der Waals surface area contributed by atoms with Gasteiger partial charge in [0, 0.05) is 13.0 Å². The predicted octanol–water partition coefficient (Wildman–Crippen LogP) is 2.28. The Kier molecular flexibility index (Phi) is 4.25. The molecule has 0 aromatic heterocycles. The van der Waals surface area contributed by atoms with Crippen LogP contribution >= 0.6 is 0 Å². The van der Waals surface area contributed by atoms with Gasteiger partial charge in [0.05, 0.1) is 0 Å². The van der Waals surface area contributed by atoms with Gasteiger partial charge in [0.1, 0.15) is 6.04 Å². The second kappa shape index (κ2) is 5.72. The van der Waals surface area contributed by atoms with Gasteiger partial charge < -0.3 is 10.0 Å². The highest BCUT2D eigenvalue weighted by molar-refractivity contribution is 5.84. The summed E-state index contributed by atoms with van der Waals surface area (Å²) >= 11 is 0. The Morgan fingerprint density at radius 3 is 2.61 bits per heavy atom. The molecule has 1 saturated heterocycles. The Bertz CT molecular complexity index is 329. The van der Waals surface area contributed by atoms with E-state index in [0.29, 0.717) is 25.3 Å². The molecule has 1 aliphatic heterocycles. The molecule has 0 bridgehead atoms. The van der Waals surface area contributed by atoms with Gasteiger partial charge in [0.2, 0.25) is 5.91 Å². The van der Waals surface area contributed by atoms with Gasteiger partial charge in [-0.25, -0.2) is 4.79 Å². The molecule has 0 spiro atoms. The van der Waals surface area contributed by atoms with Crippen molar-refractivity contribution in [3.63, 3.8) is 0 Å². The molecule has 102 valence electrons. The Morgan fingerprint density at radius 1 is 1.22 bits per heavy atom. The number of hydrogen-bond acceptors (Lipinski definition) is 2. The number of carbonyl (C=O) groups excluding carboxylic acids is 1. The van der Waals surface area contributed by atoms with E-state index >= 15 is 0 Å². The van der Waals surface area contributed by atoms with Gasteiger partial charge in [-0.15, -0.1) is 0 Å². The van der Waals surface area contributed by atoms with Crippen LogP contribution in [0.25, 0.3) is 0 Å². The monoisotopic (exact) mass is 253 g/mol. The predicted molar refractivity (Wildman–Crippen MR) is 68.1 cm³/mol. The van der Waals surface area contributed by atoms with E-state index in [1.807, 2.05) is 0 Å². The van der Waals surface area contributed by atoms with Crippen molar-refractivity contribution in [1.82, 2.24) is 4.90 Å². The number of carboxylic acid groups (broad SMARTS) is 1. The number of nitrogens with zero attached hydrogens (tertiary/aromatic N) is 1. The molecule has 3 atom stereocenters. The summed E-state index contributed by atoms with van der Waals surface area (Å²) in [4.78, 5) is 25.0. The molecule has 2 rings (SSSR count). The standard InChI is InChI=1S/C14H23NO3/c1-10-5-6-11(8-10)9-13(16)15-7-3-2-4-12(15)14(17)18/h10-12H,2-9H2,1H3,(H,17,18). The van der Waals surface area contributed by atoms with E-state index in [1.165, 1.54) is 6.42 Å². The van der Waals surface area contributed by atoms with Crippen molar-refractivity contribution in [1.29, 1.82) is 0 Å². The Balaban J connectivity index is 1.92. The molecule has 1 heterocycles. The highest BCUT2D eigenvalue weighted by atomic mass is 16.4. The second-order valence-electron chi connectivity index (χ2n) is 5.93. The molecule has 0 aromatic carbocycles. The van der Waals surface area contributed by atoms with Crippen LogP contribution in [0.5, 0.6) is 0 Å². The molecule has 4 heteroatoms. The molecule has 0 radical (unpaired) electrons. The van der Waals surface area contributed by atoms with Crippen molar-refractivity contribution in [2.24, 2.45) is 11.8 Å². The second-order valence-corrected chi connectivity index (χ2v) is 5.93. The number of piperidine rings is 1. The maximum Gasteiger partial charge on any atom is 0.326 e. The summed E-state index contributed by atoms with van der Waals surface area (Å²) in [5, 5.41) is 9.17. The van der Waals surface area contributed by atoms with E-state index < -0.39 is 12.0 Å². The number of carbonyl (C=O) groups is 2. The van der Waals surface area contributed by atoms with Crippen molar-refractivity contribution in [2.45, 2.75) is 57.9 Å². The molecule has 2 fully saturated rings. The molecule has 18 heavy (non-hydrogen) atoms. The molecular weight excluding hydrogens is 230 g/mol. The Labute approximate surface area is 108 Å². The number of carboxylic acids is 1. The van der Waals surface area contributed by atoms with Crippen LogP contribution in [0.2, 0.25) is 0 Å². The number of rotatable bonds is 3. The lowest BCUT2D eigenvalue weighted by Gasteiger charge is -2.33. The van der Waals surface area contributed by atoms with Gasteiger partial charge in [-0.2, -0.15) is 0 Å². The number of likely N-dealkylation sites (tertiary alicyclic amines) is 1. The smallest absolute Gasteiger partial charge is 0.326 e. The minimum absolute atomic E-state index is 0.0567. The van der Waals surface area contributed by atoms with Crippen LogP contribution in [0.15, 0.2) is 0 Å². The van der Waals surface area contributed by atoms with Crippen molar-refractivity contribution >= 4 is 11.9 Å². The summed E-state index contributed by atoms with van der Waals surface area (Å²) in [7, 11) is 0. The highest BCUT2D eigenvalue weighted by Gasteiger charge is 2.33. The first kappa shape index (κ1) is 13.4. The third-order valence-corrected chi connectivity index (χ3v) is 4.37. The minimum atomic E-state index is -0.845. The Morgan fingerprint density at radius 2 is 2.00 bits per heavy atom. The summed E-state index contributed by atoms with van der Waals surface area (Å²) in [5.74, 6) is 0.410. The number of hydrogen-bond donors (Lipinski definition) is 1. The average molecular weight is 253 g/mol. The maximum absolute atomic E-state index is 12.2. The van der Waals surface area contributed by atoms with E-state index in [-0.39, 0.29) is 5.91 Å². The van der Waals surface area contributed by atoms with Gasteiger partial charge in [0.15, 0.2) is 0 Å². The third kappa shape index (κ3) is 3.03. The van der Waals surface area contributed by atoms with Crippen molar-refractivity contribution in [3.05, 3.63) is 0 Å². The molecule has 0 aromatic rings. The van der Waals surface area contributed by atoms with Crippen LogP contribution in [0, 0.1) is 11.8 Å². The lowest BCUT2D eigenvalue weighted by Crippen LogP contribution is -2.48. The summed E-state index contributed by atoms with van der Waals surface area (Å²) in [6.45, 7) is 2.85. The van der Waals surface area contributed by atoms with E-state index in [9.17, 15) is 9.59 Å². The van der Waals surface area contributed by atoms with Crippen LogP contribution in [0.3, 0.4) is 0 Å². The third-order valence-electron chi connectivity index (χ3n) is 4.37. The molecular formula is C14H23NO3. The fourth-order valence-corrected chi connectivity index (χ4v) is 3.36. The van der Waals surface area contributed by atoms with Crippen LogP contribution in [0.4, 0.5) is 0 Å². The molecule has 2 aliphatic rings. The first-order valence-electron chi connectivity index (χ1n) is 7.10.